The maximum Gasteiger partial charge on any atom is 0.223 e. The molecule has 1 amide bonds. The average Bonchev–Trinajstić information content (AvgIpc) is 2.78. The zero-order valence-electron chi connectivity index (χ0n) is 17.1. The van der Waals surface area contributed by atoms with Crippen LogP contribution in [0.25, 0.3) is 0 Å². The number of carbonyl (C=O) groups excluding carboxylic acids is 2. The highest BCUT2D eigenvalue weighted by molar-refractivity contribution is 7.98. The van der Waals surface area contributed by atoms with Crippen molar-refractivity contribution in [2.45, 2.75) is 24.7 Å². The van der Waals surface area contributed by atoms with E-state index in [4.69, 9.17) is 4.74 Å². The Morgan fingerprint density at radius 2 is 1.66 bits per heavy atom. The first-order chi connectivity index (χ1) is 14.1. The summed E-state index contributed by atoms with van der Waals surface area (Å²) in [6.45, 7) is 5.46. The summed E-state index contributed by atoms with van der Waals surface area (Å²) in [5.74, 6) is 0.958. The van der Waals surface area contributed by atoms with Gasteiger partial charge in [-0.05, 0) is 37.4 Å². The number of thioether (sulfide) groups is 1. The minimum Gasteiger partial charge on any atom is -0.492 e. The number of benzene rings is 2. The van der Waals surface area contributed by atoms with Crippen LogP contribution in [-0.4, -0.2) is 55.6 Å². The zero-order chi connectivity index (χ0) is 20.6. The largest absolute Gasteiger partial charge is 0.492 e. The molecule has 3 rings (SSSR count). The van der Waals surface area contributed by atoms with Crippen LogP contribution >= 0.6 is 11.8 Å². The molecular weight excluding hydrogens is 384 g/mol. The zero-order valence-corrected chi connectivity index (χ0v) is 17.9. The number of Topliss-reactive ketones (excluding diaryl/α,β-unsaturated/α-hetero) is 1. The second-order valence-electron chi connectivity index (χ2n) is 6.92. The number of carbonyl (C=O) groups is 2. The minimum absolute atomic E-state index is 0.0234. The fourth-order valence-corrected chi connectivity index (χ4v) is 3.90. The van der Waals surface area contributed by atoms with Crippen LogP contribution in [0, 0.1) is 0 Å². The first-order valence-corrected chi connectivity index (χ1v) is 11.3. The van der Waals surface area contributed by atoms with Crippen LogP contribution in [0.5, 0.6) is 5.75 Å². The van der Waals surface area contributed by atoms with E-state index in [1.54, 1.807) is 11.8 Å². The number of ether oxygens (including phenoxy) is 1. The summed E-state index contributed by atoms with van der Waals surface area (Å²) in [5.41, 5.74) is 1.75. The van der Waals surface area contributed by atoms with E-state index in [2.05, 4.69) is 11.0 Å². The highest BCUT2D eigenvalue weighted by Crippen LogP contribution is 2.29. The predicted octanol–water partition coefficient (Wildman–Crippen LogP) is 4.12. The van der Waals surface area contributed by atoms with E-state index >= 15 is 0 Å². The lowest BCUT2D eigenvalue weighted by Gasteiger charge is -2.36. The topological polar surface area (TPSA) is 49.9 Å². The molecule has 0 saturated carbocycles. The Morgan fingerprint density at radius 3 is 2.31 bits per heavy atom. The number of hydrogen-bond acceptors (Lipinski definition) is 5. The third kappa shape index (κ3) is 5.54. The molecule has 154 valence electrons. The molecule has 0 spiro atoms. The summed E-state index contributed by atoms with van der Waals surface area (Å²) in [7, 11) is 0. The van der Waals surface area contributed by atoms with Gasteiger partial charge in [-0.15, -0.1) is 11.8 Å². The standard InChI is InChI=1S/C23H28N2O3S/c1-3-28-22-7-5-4-6-20(22)24-14-16-25(17-15-24)23(27)13-12-21(26)18-8-10-19(29-2)11-9-18/h4-11H,3,12-17H2,1-2H3. The Hall–Kier alpha value is -2.47. The van der Waals surface area contributed by atoms with Gasteiger partial charge in [0, 0.05) is 49.5 Å². The number of nitrogens with zero attached hydrogens (tertiary/aromatic N) is 2. The quantitative estimate of drug-likeness (QED) is 0.482. The summed E-state index contributed by atoms with van der Waals surface area (Å²) in [6, 6.07) is 15.6. The molecule has 0 aromatic heterocycles. The van der Waals surface area contributed by atoms with Crippen molar-refractivity contribution in [3.05, 3.63) is 54.1 Å². The molecule has 5 nitrogen and oxygen atoms in total. The Kier molecular flexibility index (Phi) is 7.58. The van der Waals surface area contributed by atoms with Crippen LogP contribution < -0.4 is 9.64 Å². The van der Waals surface area contributed by atoms with Gasteiger partial charge in [-0.1, -0.05) is 24.3 Å². The van der Waals surface area contributed by atoms with Gasteiger partial charge in [-0.2, -0.15) is 0 Å². The molecule has 1 aliphatic heterocycles. The minimum atomic E-state index is 0.0234. The van der Waals surface area contributed by atoms with Crippen molar-refractivity contribution in [1.29, 1.82) is 0 Å². The average molecular weight is 413 g/mol. The van der Waals surface area contributed by atoms with Gasteiger partial charge >= 0.3 is 0 Å². The molecule has 0 bridgehead atoms. The lowest BCUT2D eigenvalue weighted by Crippen LogP contribution is -2.48. The molecule has 0 radical (unpaired) electrons. The molecule has 0 aliphatic carbocycles. The Bertz CT molecular complexity index is 830. The Labute approximate surface area is 177 Å². The number of piperazine rings is 1. The maximum absolute atomic E-state index is 12.6. The molecule has 1 aliphatic rings. The molecular formula is C23H28N2O3S. The Morgan fingerprint density at radius 1 is 0.966 bits per heavy atom. The third-order valence-corrected chi connectivity index (χ3v) is 5.86. The molecule has 2 aromatic rings. The number of hydrogen-bond donors (Lipinski definition) is 0. The van der Waals surface area contributed by atoms with Crippen LogP contribution in [-0.2, 0) is 4.79 Å². The smallest absolute Gasteiger partial charge is 0.223 e. The Balaban J connectivity index is 1.49. The van der Waals surface area contributed by atoms with Crippen LogP contribution in [0.2, 0.25) is 0 Å². The van der Waals surface area contributed by atoms with E-state index in [0.717, 1.165) is 29.4 Å². The fourth-order valence-electron chi connectivity index (χ4n) is 3.49. The number of anilines is 1. The van der Waals surface area contributed by atoms with Crippen molar-refractivity contribution in [3.63, 3.8) is 0 Å². The molecule has 1 fully saturated rings. The summed E-state index contributed by atoms with van der Waals surface area (Å²) < 4.78 is 5.72. The van der Waals surface area contributed by atoms with Gasteiger partial charge in [0.15, 0.2) is 5.78 Å². The van der Waals surface area contributed by atoms with Crippen molar-refractivity contribution < 1.29 is 14.3 Å². The summed E-state index contributed by atoms with van der Waals surface area (Å²) in [5, 5.41) is 0. The van der Waals surface area contributed by atoms with Gasteiger partial charge < -0.3 is 14.5 Å². The molecule has 0 unspecified atom stereocenters. The molecule has 1 saturated heterocycles. The number of rotatable bonds is 8. The highest BCUT2D eigenvalue weighted by atomic mass is 32.2. The lowest BCUT2D eigenvalue weighted by molar-refractivity contribution is -0.131. The maximum atomic E-state index is 12.6. The van der Waals surface area contributed by atoms with Crippen LogP contribution in [0.4, 0.5) is 5.69 Å². The molecule has 0 N–H and O–H groups in total. The molecule has 0 atom stereocenters. The predicted molar refractivity (Wildman–Crippen MR) is 118 cm³/mol. The van der Waals surface area contributed by atoms with Gasteiger partial charge in [0.2, 0.25) is 5.91 Å². The van der Waals surface area contributed by atoms with E-state index in [9.17, 15) is 9.59 Å². The first kappa shape index (κ1) is 21.2. The highest BCUT2D eigenvalue weighted by Gasteiger charge is 2.23. The van der Waals surface area contributed by atoms with Gasteiger partial charge in [-0.25, -0.2) is 0 Å². The summed E-state index contributed by atoms with van der Waals surface area (Å²) in [4.78, 5) is 30.2. The van der Waals surface area contributed by atoms with Crippen LogP contribution in [0.15, 0.2) is 53.4 Å². The van der Waals surface area contributed by atoms with Crippen molar-refractivity contribution in [2.24, 2.45) is 0 Å². The van der Waals surface area contributed by atoms with Crippen molar-refractivity contribution in [3.8, 4) is 5.75 Å². The number of amides is 1. The van der Waals surface area contributed by atoms with Crippen molar-refractivity contribution in [2.75, 3.05) is 43.9 Å². The summed E-state index contributed by atoms with van der Waals surface area (Å²) >= 11 is 1.64. The molecule has 29 heavy (non-hydrogen) atoms. The van der Waals surface area contributed by atoms with Gasteiger partial charge in [0.25, 0.3) is 0 Å². The van der Waals surface area contributed by atoms with Gasteiger partial charge in [0.05, 0.1) is 12.3 Å². The van der Waals surface area contributed by atoms with E-state index < -0.39 is 0 Å². The molecule has 2 aromatic carbocycles. The number of ketones is 1. The fraction of sp³-hybridized carbons (Fsp3) is 0.391. The SMILES string of the molecule is CCOc1ccccc1N1CCN(C(=O)CCC(=O)c2ccc(SC)cc2)CC1. The van der Waals surface area contributed by atoms with Gasteiger partial charge in [0.1, 0.15) is 5.75 Å². The van der Waals surface area contributed by atoms with Crippen molar-refractivity contribution >= 4 is 29.1 Å². The van der Waals surface area contributed by atoms with Crippen molar-refractivity contribution in [1.82, 2.24) is 4.90 Å². The van der Waals surface area contributed by atoms with E-state index in [-0.39, 0.29) is 24.5 Å². The van der Waals surface area contributed by atoms with Crippen LogP contribution in [0.1, 0.15) is 30.1 Å². The third-order valence-electron chi connectivity index (χ3n) is 5.12. The lowest BCUT2D eigenvalue weighted by atomic mass is 10.1. The second-order valence-corrected chi connectivity index (χ2v) is 7.80. The summed E-state index contributed by atoms with van der Waals surface area (Å²) in [6.07, 6.45) is 2.52. The van der Waals surface area contributed by atoms with E-state index in [0.29, 0.717) is 25.3 Å². The monoisotopic (exact) mass is 412 g/mol. The first-order valence-electron chi connectivity index (χ1n) is 10.0. The van der Waals surface area contributed by atoms with E-state index in [1.807, 2.05) is 60.5 Å². The normalized spacial score (nSPS) is 14.0. The van der Waals surface area contributed by atoms with Gasteiger partial charge in [-0.3, -0.25) is 9.59 Å². The number of para-hydroxylation sites is 2. The molecule has 6 heteroatoms. The second kappa shape index (κ2) is 10.3. The molecule has 1 heterocycles. The van der Waals surface area contributed by atoms with Crippen LogP contribution in [0.3, 0.4) is 0 Å². The van der Waals surface area contributed by atoms with E-state index in [1.165, 1.54) is 0 Å².